The van der Waals surface area contributed by atoms with E-state index in [4.69, 9.17) is 0 Å². The van der Waals surface area contributed by atoms with Crippen LogP contribution in [0.15, 0.2) is 47.9 Å². The largest absolute Gasteiger partial charge is 0.335 e. The van der Waals surface area contributed by atoms with Crippen molar-refractivity contribution in [1.29, 1.82) is 0 Å². The molecule has 0 spiro atoms. The molecule has 12 heavy (non-hydrogen) atoms. The second-order valence-electron chi connectivity index (χ2n) is 2.70. The standard InChI is InChI=1S/C10H9NO/c12-8-10-6-3-5-9-4-1-2-7-11(9)10/h1-6,8H,7H2. The van der Waals surface area contributed by atoms with Gasteiger partial charge in [0.05, 0.1) is 5.70 Å². The van der Waals surface area contributed by atoms with Crippen molar-refractivity contribution in [2.75, 3.05) is 6.54 Å². The normalized spacial score (nSPS) is 19.8. The van der Waals surface area contributed by atoms with Gasteiger partial charge in [0.25, 0.3) is 0 Å². The summed E-state index contributed by atoms with van der Waals surface area (Å²) in [4.78, 5) is 12.6. The summed E-state index contributed by atoms with van der Waals surface area (Å²) >= 11 is 0. The van der Waals surface area contributed by atoms with Crippen molar-refractivity contribution >= 4 is 6.29 Å². The number of nitrogens with zero attached hydrogens (tertiary/aromatic N) is 1. The lowest BCUT2D eigenvalue weighted by atomic mass is 10.1. The van der Waals surface area contributed by atoms with Crippen LogP contribution in [-0.4, -0.2) is 17.7 Å². The number of allylic oxidation sites excluding steroid dienone is 6. The highest BCUT2D eigenvalue weighted by molar-refractivity contribution is 5.75. The Hall–Kier alpha value is -1.57. The summed E-state index contributed by atoms with van der Waals surface area (Å²) in [6, 6.07) is 0. The molecule has 0 radical (unpaired) electrons. The Morgan fingerprint density at radius 2 is 2.25 bits per heavy atom. The Bertz CT molecular complexity index is 313. The molecule has 0 fully saturated rings. The van der Waals surface area contributed by atoms with E-state index < -0.39 is 0 Å². The van der Waals surface area contributed by atoms with Gasteiger partial charge in [0.2, 0.25) is 0 Å². The second-order valence-corrected chi connectivity index (χ2v) is 2.70. The number of aldehydes is 1. The topological polar surface area (TPSA) is 20.3 Å². The molecule has 0 aliphatic carbocycles. The van der Waals surface area contributed by atoms with Crippen LogP contribution in [0.1, 0.15) is 0 Å². The summed E-state index contributed by atoms with van der Waals surface area (Å²) in [5.74, 6) is 0. The molecule has 0 amide bonds. The van der Waals surface area contributed by atoms with Gasteiger partial charge < -0.3 is 4.90 Å². The molecule has 0 saturated carbocycles. The maximum atomic E-state index is 10.6. The van der Waals surface area contributed by atoms with E-state index in [9.17, 15) is 4.79 Å². The van der Waals surface area contributed by atoms with Crippen molar-refractivity contribution < 1.29 is 4.79 Å². The molecule has 60 valence electrons. The molecule has 0 aromatic carbocycles. The molecule has 2 rings (SSSR count). The van der Waals surface area contributed by atoms with Crippen LogP contribution in [0.3, 0.4) is 0 Å². The molecule has 0 bridgehead atoms. The van der Waals surface area contributed by atoms with Crippen LogP contribution in [0.25, 0.3) is 0 Å². The van der Waals surface area contributed by atoms with E-state index in [2.05, 4.69) is 0 Å². The average Bonchev–Trinajstić information content (AvgIpc) is 2.17. The quantitative estimate of drug-likeness (QED) is 0.539. The Labute approximate surface area is 71.2 Å². The van der Waals surface area contributed by atoms with Gasteiger partial charge in [-0.3, -0.25) is 4.79 Å². The Morgan fingerprint density at radius 3 is 3.08 bits per heavy atom. The van der Waals surface area contributed by atoms with Crippen molar-refractivity contribution in [3.63, 3.8) is 0 Å². The van der Waals surface area contributed by atoms with Gasteiger partial charge in [-0.15, -0.1) is 0 Å². The highest BCUT2D eigenvalue weighted by Gasteiger charge is 2.14. The first-order chi connectivity index (χ1) is 5.92. The van der Waals surface area contributed by atoms with Crippen molar-refractivity contribution in [3.8, 4) is 0 Å². The number of rotatable bonds is 1. The number of carbonyl (C=O) groups is 1. The first kappa shape index (κ1) is 7.10. The van der Waals surface area contributed by atoms with Gasteiger partial charge in [-0.1, -0.05) is 18.2 Å². The zero-order valence-corrected chi connectivity index (χ0v) is 6.60. The minimum Gasteiger partial charge on any atom is -0.335 e. The molecule has 2 aliphatic rings. The van der Waals surface area contributed by atoms with Gasteiger partial charge in [-0.05, 0) is 18.2 Å². The average molecular weight is 159 g/mol. The zero-order valence-electron chi connectivity index (χ0n) is 6.60. The molecule has 0 N–H and O–H groups in total. The van der Waals surface area contributed by atoms with Crippen molar-refractivity contribution in [2.45, 2.75) is 0 Å². The lowest BCUT2D eigenvalue weighted by molar-refractivity contribution is -0.106. The monoisotopic (exact) mass is 159 g/mol. The zero-order chi connectivity index (χ0) is 8.39. The fourth-order valence-electron chi connectivity index (χ4n) is 1.37. The molecular formula is C10H9NO. The molecule has 0 atom stereocenters. The summed E-state index contributed by atoms with van der Waals surface area (Å²) in [5, 5.41) is 0. The lowest BCUT2D eigenvalue weighted by Gasteiger charge is -2.27. The molecule has 0 unspecified atom stereocenters. The summed E-state index contributed by atoms with van der Waals surface area (Å²) in [6.45, 7) is 0.792. The molecule has 2 heterocycles. The Kier molecular flexibility index (Phi) is 1.67. The SMILES string of the molecule is O=CC1=CC=CC2=CC=CCN12. The molecule has 0 saturated heterocycles. The summed E-state index contributed by atoms with van der Waals surface area (Å²) in [5.41, 5.74) is 1.82. The van der Waals surface area contributed by atoms with Crippen molar-refractivity contribution in [2.24, 2.45) is 0 Å². The minimum atomic E-state index is 0.730. The van der Waals surface area contributed by atoms with Gasteiger partial charge in [0.15, 0.2) is 6.29 Å². The summed E-state index contributed by atoms with van der Waals surface area (Å²) in [7, 11) is 0. The van der Waals surface area contributed by atoms with Gasteiger partial charge in [-0.2, -0.15) is 0 Å². The first-order valence-corrected chi connectivity index (χ1v) is 3.90. The van der Waals surface area contributed by atoms with E-state index >= 15 is 0 Å². The van der Waals surface area contributed by atoms with Gasteiger partial charge in [0, 0.05) is 12.2 Å². The highest BCUT2D eigenvalue weighted by Crippen LogP contribution is 2.20. The van der Waals surface area contributed by atoms with Crippen molar-refractivity contribution in [1.82, 2.24) is 4.90 Å². The van der Waals surface area contributed by atoms with Crippen LogP contribution in [0.2, 0.25) is 0 Å². The molecule has 0 aromatic rings. The summed E-state index contributed by atoms with van der Waals surface area (Å²) < 4.78 is 0. The van der Waals surface area contributed by atoms with Crippen LogP contribution in [-0.2, 0) is 4.79 Å². The Balaban J connectivity index is 2.38. The minimum absolute atomic E-state index is 0.730. The third-order valence-electron chi connectivity index (χ3n) is 1.97. The first-order valence-electron chi connectivity index (χ1n) is 3.90. The van der Waals surface area contributed by atoms with Crippen LogP contribution in [0, 0.1) is 0 Å². The lowest BCUT2D eigenvalue weighted by Crippen LogP contribution is -2.25. The predicted octanol–water partition coefficient (Wildman–Crippen LogP) is 1.39. The number of carbonyl (C=O) groups excluding carboxylic acids is 1. The number of hydrogen-bond donors (Lipinski definition) is 0. The molecule has 2 heteroatoms. The fourth-order valence-corrected chi connectivity index (χ4v) is 1.37. The maximum Gasteiger partial charge on any atom is 0.166 e. The number of fused-ring (bicyclic) bond motifs is 1. The van der Waals surface area contributed by atoms with Crippen LogP contribution < -0.4 is 0 Å². The fraction of sp³-hybridized carbons (Fsp3) is 0.100. The molecule has 0 aromatic heterocycles. The van der Waals surface area contributed by atoms with Crippen LogP contribution in [0.4, 0.5) is 0 Å². The maximum absolute atomic E-state index is 10.6. The third kappa shape index (κ3) is 1.01. The van der Waals surface area contributed by atoms with E-state index in [1.165, 1.54) is 0 Å². The van der Waals surface area contributed by atoms with E-state index in [0.29, 0.717) is 0 Å². The van der Waals surface area contributed by atoms with Crippen LogP contribution in [0.5, 0.6) is 0 Å². The van der Waals surface area contributed by atoms with Gasteiger partial charge >= 0.3 is 0 Å². The molecule has 2 aliphatic heterocycles. The Morgan fingerprint density at radius 1 is 1.33 bits per heavy atom. The van der Waals surface area contributed by atoms with Gasteiger partial charge in [-0.25, -0.2) is 0 Å². The second kappa shape index (κ2) is 2.81. The predicted molar refractivity (Wildman–Crippen MR) is 47.2 cm³/mol. The van der Waals surface area contributed by atoms with E-state index in [1.807, 2.05) is 41.4 Å². The third-order valence-corrected chi connectivity index (χ3v) is 1.97. The smallest absolute Gasteiger partial charge is 0.166 e. The summed E-state index contributed by atoms with van der Waals surface area (Å²) in [6.07, 6.45) is 12.6. The number of hydrogen-bond acceptors (Lipinski definition) is 2. The van der Waals surface area contributed by atoms with Crippen LogP contribution >= 0.6 is 0 Å². The van der Waals surface area contributed by atoms with Crippen molar-refractivity contribution in [3.05, 3.63) is 47.9 Å². The van der Waals surface area contributed by atoms with E-state index in [0.717, 1.165) is 24.2 Å². The molecule has 2 nitrogen and oxygen atoms in total. The van der Waals surface area contributed by atoms with E-state index in [1.54, 1.807) is 0 Å². The van der Waals surface area contributed by atoms with E-state index in [-0.39, 0.29) is 0 Å². The van der Waals surface area contributed by atoms with Gasteiger partial charge in [0.1, 0.15) is 0 Å². The molecular weight excluding hydrogens is 150 g/mol. The highest BCUT2D eigenvalue weighted by atomic mass is 16.1.